The number of ether oxygens (including phenoxy) is 1. The van der Waals surface area contributed by atoms with Gasteiger partial charge in [0, 0.05) is 6.04 Å². The van der Waals surface area contributed by atoms with Crippen molar-refractivity contribution in [2.24, 2.45) is 0 Å². The lowest BCUT2D eigenvalue weighted by atomic mass is 10.0. The summed E-state index contributed by atoms with van der Waals surface area (Å²) in [5.74, 6) is -0.193. The van der Waals surface area contributed by atoms with Crippen LogP contribution in [0.1, 0.15) is 24.0 Å². The van der Waals surface area contributed by atoms with Gasteiger partial charge in [-0.2, -0.15) is 0 Å². The van der Waals surface area contributed by atoms with Crippen molar-refractivity contribution < 1.29 is 18.7 Å². The smallest absolute Gasteiger partial charge is 0.243 e. The van der Waals surface area contributed by atoms with E-state index in [1.54, 1.807) is 25.3 Å². The molecule has 1 saturated heterocycles. The topological polar surface area (TPSA) is 70.7 Å². The number of hydrogen-bond acceptors (Lipinski definition) is 4. The Bertz CT molecular complexity index is 903. The van der Waals surface area contributed by atoms with Gasteiger partial charge in [-0.25, -0.2) is 4.39 Å². The Balaban J connectivity index is 1.48. The van der Waals surface area contributed by atoms with E-state index in [1.807, 2.05) is 25.1 Å². The zero-order valence-electron chi connectivity index (χ0n) is 17.4. The molecule has 1 atom stereocenters. The Morgan fingerprint density at radius 1 is 1.20 bits per heavy atom. The summed E-state index contributed by atoms with van der Waals surface area (Å²) in [6, 6.07) is 12.3. The minimum Gasteiger partial charge on any atom is -0.495 e. The van der Waals surface area contributed by atoms with Gasteiger partial charge in [0.15, 0.2) is 0 Å². The Morgan fingerprint density at radius 3 is 2.80 bits per heavy atom. The third-order valence-electron chi connectivity index (χ3n) is 5.28. The van der Waals surface area contributed by atoms with Gasteiger partial charge in [-0.05, 0) is 68.1 Å². The number of methoxy groups -OCH3 is 1. The average Bonchev–Trinajstić information content (AvgIpc) is 3.13. The molecular weight excluding hydrogens is 385 g/mol. The molecule has 0 aromatic heterocycles. The fraction of sp³-hybridized carbons (Fsp3) is 0.391. The predicted molar refractivity (Wildman–Crippen MR) is 114 cm³/mol. The standard InChI is InChI=1S/C23H28FN3O3/c1-16-8-9-21(30-2)20(11-16)26-22(28)14-25-23(29)15-27-10-4-7-19(27)13-17-5-3-6-18(24)12-17/h3,5-6,8-9,11-12,19H,4,7,10,13-15H2,1-2H3,(H,25,29)(H,26,28). The number of nitrogens with zero attached hydrogens (tertiary/aromatic N) is 1. The highest BCUT2D eigenvalue weighted by Crippen LogP contribution is 2.25. The highest BCUT2D eigenvalue weighted by molar-refractivity contribution is 5.96. The molecule has 1 unspecified atom stereocenters. The minimum atomic E-state index is -0.315. The fourth-order valence-corrected chi connectivity index (χ4v) is 3.80. The Hall–Kier alpha value is -2.93. The number of anilines is 1. The van der Waals surface area contributed by atoms with Crippen molar-refractivity contribution in [3.8, 4) is 5.75 Å². The molecule has 6 nitrogen and oxygen atoms in total. The summed E-state index contributed by atoms with van der Waals surface area (Å²) < 4.78 is 18.7. The number of halogens is 1. The van der Waals surface area contributed by atoms with E-state index < -0.39 is 0 Å². The minimum absolute atomic E-state index is 0.113. The highest BCUT2D eigenvalue weighted by atomic mass is 19.1. The van der Waals surface area contributed by atoms with Crippen molar-refractivity contribution in [3.05, 3.63) is 59.4 Å². The second kappa shape index (κ2) is 10.2. The lowest BCUT2D eigenvalue weighted by Crippen LogP contribution is -2.42. The van der Waals surface area contributed by atoms with Crippen LogP contribution in [-0.4, -0.2) is 49.5 Å². The molecule has 1 aliphatic rings. The molecule has 7 heteroatoms. The molecule has 0 saturated carbocycles. The van der Waals surface area contributed by atoms with Gasteiger partial charge in [0.25, 0.3) is 0 Å². The molecule has 3 rings (SSSR count). The average molecular weight is 413 g/mol. The number of likely N-dealkylation sites (tertiary alicyclic amines) is 1. The Labute approximate surface area is 176 Å². The number of hydrogen-bond donors (Lipinski definition) is 2. The molecule has 160 valence electrons. The maximum atomic E-state index is 13.4. The highest BCUT2D eigenvalue weighted by Gasteiger charge is 2.26. The first-order valence-corrected chi connectivity index (χ1v) is 10.1. The first kappa shape index (κ1) is 21.8. The van der Waals surface area contributed by atoms with Crippen molar-refractivity contribution in [1.82, 2.24) is 10.2 Å². The van der Waals surface area contributed by atoms with Gasteiger partial charge < -0.3 is 15.4 Å². The van der Waals surface area contributed by atoms with Crippen molar-refractivity contribution >= 4 is 17.5 Å². The van der Waals surface area contributed by atoms with E-state index in [0.29, 0.717) is 17.9 Å². The molecule has 0 radical (unpaired) electrons. The molecule has 2 amide bonds. The van der Waals surface area contributed by atoms with E-state index in [2.05, 4.69) is 15.5 Å². The number of amides is 2. The molecule has 2 N–H and O–H groups in total. The number of carbonyl (C=O) groups is 2. The third-order valence-corrected chi connectivity index (χ3v) is 5.28. The van der Waals surface area contributed by atoms with Crippen LogP contribution in [0.2, 0.25) is 0 Å². The summed E-state index contributed by atoms with van der Waals surface area (Å²) in [6.07, 6.45) is 2.68. The van der Waals surface area contributed by atoms with Gasteiger partial charge in [-0.3, -0.25) is 14.5 Å². The number of rotatable bonds is 8. The molecule has 0 aliphatic carbocycles. The van der Waals surface area contributed by atoms with E-state index in [-0.39, 0.29) is 36.8 Å². The molecule has 1 heterocycles. The zero-order valence-corrected chi connectivity index (χ0v) is 17.4. The van der Waals surface area contributed by atoms with Gasteiger partial charge >= 0.3 is 0 Å². The Kier molecular flexibility index (Phi) is 7.41. The second-order valence-electron chi connectivity index (χ2n) is 7.63. The van der Waals surface area contributed by atoms with Crippen molar-refractivity contribution in [2.75, 3.05) is 32.1 Å². The van der Waals surface area contributed by atoms with Crippen LogP contribution in [0.25, 0.3) is 0 Å². The van der Waals surface area contributed by atoms with Crippen molar-refractivity contribution in [3.63, 3.8) is 0 Å². The van der Waals surface area contributed by atoms with Crippen LogP contribution >= 0.6 is 0 Å². The molecular formula is C23H28FN3O3. The van der Waals surface area contributed by atoms with Crippen LogP contribution in [0.15, 0.2) is 42.5 Å². The van der Waals surface area contributed by atoms with Gasteiger partial charge in [-0.1, -0.05) is 18.2 Å². The van der Waals surface area contributed by atoms with Crippen LogP contribution in [0.3, 0.4) is 0 Å². The lowest BCUT2D eigenvalue weighted by molar-refractivity contribution is -0.125. The fourth-order valence-electron chi connectivity index (χ4n) is 3.80. The number of benzene rings is 2. The summed E-state index contributed by atoms with van der Waals surface area (Å²) in [4.78, 5) is 26.7. The number of aryl methyl sites for hydroxylation is 1. The van der Waals surface area contributed by atoms with Crippen LogP contribution in [0.4, 0.5) is 10.1 Å². The van der Waals surface area contributed by atoms with Crippen LogP contribution in [0, 0.1) is 12.7 Å². The molecule has 1 fully saturated rings. The van der Waals surface area contributed by atoms with Crippen molar-refractivity contribution in [1.29, 1.82) is 0 Å². The summed E-state index contributed by atoms with van der Waals surface area (Å²) in [7, 11) is 1.54. The van der Waals surface area contributed by atoms with E-state index in [0.717, 1.165) is 30.5 Å². The number of carbonyl (C=O) groups excluding carboxylic acids is 2. The van der Waals surface area contributed by atoms with Crippen LogP contribution < -0.4 is 15.4 Å². The largest absolute Gasteiger partial charge is 0.495 e. The summed E-state index contributed by atoms with van der Waals surface area (Å²) >= 11 is 0. The van der Waals surface area contributed by atoms with E-state index >= 15 is 0 Å². The van der Waals surface area contributed by atoms with Crippen LogP contribution in [-0.2, 0) is 16.0 Å². The maximum absolute atomic E-state index is 13.4. The molecule has 0 bridgehead atoms. The van der Waals surface area contributed by atoms with Gasteiger partial charge in [0.1, 0.15) is 11.6 Å². The molecule has 1 aliphatic heterocycles. The van der Waals surface area contributed by atoms with E-state index in [9.17, 15) is 14.0 Å². The Morgan fingerprint density at radius 2 is 2.03 bits per heavy atom. The van der Waals surface area contributed by atoms with Gasteiger partial charge in [0.2, 0.25) is 11.8 Å². The van der Waals surface area contributed by atoms with Crippen molar-refractivity contribution in [2.45, 2.75) is 32.2 Å². The zero-order chi connectivity index (χ0) is 21.5. The number of nitrogens with one attached hydrogen (secondary N) is 2. The molecule has 2 aromatic carbocycles. The maximum Gasteiger partial charge on any atom is 0.243 e. The second-order valence-corrected chi connectivity index (χ2v) is 7.63. The molecule has 30 heavy (non-hydrogen) atoms. The van der Waals surface area contributed by atoms with E-state index in [1.165, 1.54) is 6.07 Å². The molecule has 2 aromatic rings. The summed E-state index contributed by atoms with van der Waals surface area (Å²) in [5.41, 5.74) is 2.50. The lowest BCUT2D eigenvalue weighted by Gasteiger charge is -2.24. The van der Waals surface area contributed by atoms with Gasteiger partial charge in [0.05, 0.1) is 25.9 Å². The monoisotopic (exact) mass is 413 g/mol. The van der Waals surface area contributed by atoms with Gasteiger partial charge in [-0.15, -0.1) is 0 Å². The predicted octanol–water partition coefficient (Wildman–Crippen LogP) is 2.90. The van der Waals surface area contributed by atoms with Crippen LogP contribution in [0.5, 0.6) is 5.75 Å². The summed E-state index contributed by atoms with van der Waals surface area (Å²) in [5, 5.41) is 5.45. The summed E-state index contributed by atoms with van der Waals surface area (Å²) in [6.45, 7) is 2.85. The van der Waals surface area contributed by atoms with E-state index in [4.69, 9.17) is 4.74 Å². The third kappa shape index (κ3) is 6.03. The quantitative estimate of drug-likeness (QED) is 0.698. The molecule has 0 spiro atoms. The first-order chi connectivity index (χ1) is 14.4. The SMILES string of the molecule is COc1ccc(C)cc1NC(=O)CNC(=O)CN1CCCC1Cc1cccc(F)c1. The first-order valence-electron chi connectivity index (χ1n) is 10.1. The normalized spacial score (nSPS) is 16.3.